The largest absolute Gasteiger partial charge is 0.336 e. The molecular formula is C21H23N7OS. The molecule has 2 N–H and O–H groups in total. The van der Waals surface area contributed by atoms with E-state index in [1.165, 1.54) is 6.33 Å². The Labute approximate surface area is 178 Å². The summed E-state index contributed by atoms with van der Waals surface area (Å²) < 4.78 is 1.97. The molecule has 0 radical (unpaired) electrons. The minimum absolute atomic E-state index is 0.0876. The highest BCUT2D eigenvalue weighted by Gasteiger charge is 2.21. The Kier molecular flexibility index (Phi) is 6.41. The summed E-state index contributed by atoms with van der Waals surface area (Å²) in [6, 6.07) is 15.7. The number of H-pyrrole nitrogens is 1. The number of amides is 1. The SMILES string of the molecule is CN(Cc1ccccc1)C(=O)c1nc2ccccn2c1CNCCSc1ncn[nH]1. The van der Waals surface area contributed by atoms with Gasteiger partial charge in [-0.1, -0.05) is 48.2 Å². The third kappa shape index (κ3) is 4.69. The van der Waals surface area contributed by atoms with Crippen molar-refractivity contribution in [1.29, 1.82) is 0 Å². The number of rotatable bonds is 9. The molecular weight excluding hydrogens is 398 g/mol. The summed E-state index contributed by atoms with van der Waals surface area (Å²) in [5, 5.41) is 10.9. The lowest BCUT2D eigenvalue weighted by Crippen LogP contribution is -2.28. The van der Waals surface area contributed by atoms with Gasteiger partial charge in [-0.25, -0.2) is 9.97 Å². The molecule has 0 saturated carbocycles. The number of nitrogens with zero attached hydrogens (tertiary/aromatic N) is 5. The van der Waals surface area contributed by atoms with Crippen molar-refractivity contribution in [2.45, 2.75) is 18.2 Å². The number of fused-ring (bicyclic) bond motifs is 1. The number of thioether (sulfide) groups is 1. The van der Waals surface area contributed by atoms with Crippen molar-refractivity contribution in [2.75, 3.05) is 19.3 Å². The molecule has 1 amide bonds. The van der Waals surface area contributed by atoms with E-state index in [4.69, 9.17) is 0 Å². The summed E-state index contributed by atoms with van der Waals surface area (Å²) in [7, 11) is 1.81. The van der Waals surface area contributed by atoms with E-state index < -0.39 is 0 Å². The Bertz CT molecular complexity index is 1100. The maximum Gasteiger partial charge on any atom is 0.274 e. The number of benzene rings is 1. The van der Waals surface area contributed by atoms with E-state index in [2.05, 4.69) is 25.5 Å². The minimum Gasteiger partial charge on any atom is -0.336 e. The predicted octanol–water partition coefficient (Wildman–Crippen LogP) is 2.61. The minimum atomic E-state index is -0.0876. The van der Waals surface area contributed by atoms with Gasteiger partial charge in [0.2, 0.25) is 0 Å². The molecule has 3 heterocycles. The monoisotopic (exact) mass is 421 g/mol. The van der Waals surface area contributed by atoms with Gasteiger partial charge >= 0.3 is 0 Å². The topological polar surface area (TPSA) is 91.2 Å². The van der Waals surface area contributed by atoms with Gasteiger partial charge in [-0.05, 0) is 17.7 Å². The fraction of sp³-hybridized carbons (Fsp3) is 0.238. The fourth-order valence-corrected chi connectivity index (χ4v) is 3.87. The van der Waals surface area contributed by atoms with Gasteiger partial charge in [-0.3, -0.25) is 9.89 Å². The van der Waals surface area contributed by atoms with E-state index in [-0.39, 0.29) is 5.91 Å². The number of aromatic amines is 1. The van der Waals surface area contributed by atoms with Crippen molar-refractivity contribution in [1.82, 2.24) is 34.8 Å². The normalized spacial score (nSPS) is 11.1. The number of imidazole rings is 1. The van der Waals surface area contributed by atoms with E-state index >= 15 is 0 Å². The first-order chi connectivity index (χ1) is 14.7. The molecule has 0 unspecified atom stereocenters. The van der Waals surface area contributed by atoms with E-state index in [0.717, 1.165) is 34.4 Å². The molecule has 1 aromatic carbocycles. The first kappa shape index (κ1) is 20.1. The molecule has 0 bridgehead atoms. The third-order valence-electron chi connectivity index (χ3n) is 4.64. The van der Waals surface area contributed by atoms with Gasteiger partial charge in [0.05, 0.1) is 5.69 Å². The quantitative estimate of drug-likeness (QED) is 0.319. The van der Waals surface area contributed by atoms with Crippen LogP contribution in [0.25, 0.3) is 5.65 Å². The predicted molar refractivity (Wildman–Crippen MR) is 116 cm³/mol. The van der Waals surface area contributed by atoms with Crippen molar-refractivity contribution in [3.05, 3.63) is 78.0 Å². The summed E-state index contributed by atoms with van der Waals surface area (Å²) in [5.74, 6) is 0.749. The molecule has 0 atom stereocenters. The van der Waals surface area contributed by atoms with Crippen LogP contribution in [0, 0.1) is 0 Å². The standard InChI is InChI=1S/C21H23N7OS/c1-27(14-16-7-3-2-4-8-16)20(29)19-17(28-11-6-5-9-18(28)25-19)13-22-10-12-30-21-23-15-24-26-21/h2-9,11,15,22H,10,12-14H2,1H3,(H,23,24,26). The van der Waals surface area contributed by atoms with Gasteiger partial charge in [0, 0.05) is 38.6 Å². The zero-order valence-corrected chi connectivity index (χ0v) is 17.5. The molecule has 0 aliphatic rings. The van der Waals surface area contributed by atoms with Gasteiger partial charge in [-0.15, -0.1) is 0 Å². The fourth-order valence-electron chi connectivity index (χ4n) is 3.19. The van der Waals surface area contributed by atoms with Crippen LogP contribution in [-0.2, 0) is 13.1 Å². The highest BCUT2D eigenvalue weighted by molar-refractivity contribution is 7.99. The highest BCUT2D eigenvalue weighted by atomic mass is 32.2. The highest BCUT2D eigenvalue weighted by Crippen LogP contribution is 2.16. The molecule has 154 valence electrons. The average molecular weight is 422 g/mol. The van der Waals surface area contributed by atoms with E-state index in [0.29, 0.717) is 18.8 Å². The lowest BCUT2D eigenvalue weighted by Gasteiger charge is -2.17. The van der Waals surface area contributed by atoms with Crippen molar-refractivity contribution >= 4 is 23.3 Å². The molecule has 30 heavy (non-hydrogen) atoms. The zero-order valence-electron chi connectivity index (χ0n) is 16.7. The van der Waals surface area contributed by atoms with Crippen LogP contribution < -0.4 is 5.32 Å². The number of hydrogen-bond acceptors (Lipinski definition) is 6. The second-order valence-corrected chi connectivity index (χ2v) is 7.88. The molecule has 0 fully saturated rings. The van der Waals surface area contributed by atoms with Crippen LogP contribution in [0.3, 0.4) is 0 Å². The molecule has 0 aliphatic heterocycles. The van der Waals surface area contributed by atoms with Crippen LogP contribution >= 0.6 is 11.8 Å². The summed E-state index contributed by atoms with van der Waals surface area (Å²) in [4.78, 5) is 23.6. The number of nitrogens with one attached hydrogen (secondary N) is 2. The Hall–Kier alpha value is -3.17. The van der Waals surface area contributed by atoms with Crippen LogP contribution in [-0.4, -0.2) is 54.7 Å². The van der Waals surface area contributed by atoms with Crippen molar-refractivity contribution in [2.24, 2.45) is 0 Å². The zero-order chi connectivity index (χ0) is 20.8. The Morgan fingerprint density at radius 2 is 2.03 bits per heavy atom. The summed E-state index contributed by atoms with van der Waals surface area (Å²) in [6.45, 7) is 1.84. The third-order valence-corrected chi connectivity index (χ3v) is 5.52. The van der Waals surface area contributed by atoms with Gasteiger partial charge in [0.25, 0.3) is 5.91 Å². The van der Waals surface area contributed by atoms with Gasteiger partial charge in [0.15, 0.2) is 10.9 Å². The Morgan fingerprint density at radius 3 is 2.83 bits per heavy atom. The number of hydrogen-bond donors (Lipinski definition) is 2. The van der Waals surface area contributed by atoms with Crippen molar-refractivity contribution in [3.63, 3.8) is 0 Å². The number of pyridine rings is 1. The maximum absolute atomic E-state index is 13.2. The van der Waals surface area contributed by atoms with Crippen LogP contribution in [0.4, 0.5) is 0 Å². The number of aromatic nitrogens is 5. The second-order valence-electron chi connectivity index (χ2n) is 6.80. The summed E-state index contributed by atoms with van der Waals surface area (Å²) in [5.41, 5.74) is 3.19. The van der Waals surface area contributed by atoms with Crippen LogP contribution in [0.1, 0.15) is 21.7 Å². The van der Waals surface area contributed by atoms with Gasteiger partial charge in [0.1, 0.15) is 12.0 Å². The van der Waals surface area contributed by atoms with E-state index in [1.807, 2.05) is 66.2 Å². The first-order valence-electron chi connectivity index (χ1n) is 9.66. The average Bonchev–Trinajstić information content (AvgIpc) is 3.42. The maximum atomic E-state index is 13.2. The van der Waals surface area contributed by atoms with Gasteiger partial charge < -0.3 is 14.6 Å². The molecule has 8 nitrogen and oxygen atoms in total. The molecule has 0 aliphatic carbocycles. The van der Waals surface area contributed by atoms with Gasteiger partial charge in [-0.2, -0.15) is 5.10 Å². The summed E-state index contributed by atoms with van der Waals surface area (Å²) in [6.07, 6.45) is 3.44. The van der Waals surface area contributed by atoms with Crippen LogP contribution in [0.15, 0.2) is 66.2 Å². The molecule has 4 rings (SSSR count). The van der Waals surface area contributed by atoms with E-state index in [1.54, 1.807) is 16.7 Å². The van der Waals surface area contributed by atoms with E-state index in [9.17, 15) is 4.79 Å². The number of carbonyl (C=O) groups is 1. The molecule has 9 heteroatoms. The van der Waals surface area contributed by atoms with Crippen LogP contribution in [0.5, 0.6) is 0 Å². The Morgan fingerprint density at radius 1 is 1.20 bits per heavy atom. The molecule has 0 spiro atoms. The lowest BCUT2D eigenvalue weighted by atomic mass is 10.2. The van der Waals surface area contributed by atoms with Crippen molar-refractivity contribution in [3.8, 4) is 0 Å². The van der Waals surface area contributed by atoms with Crippen molar-refractivity contribution < 1.29 is 4.79 Å². The second kappa shape index (κ2) is 9.55. The summed E-state index contributed by atoms with van der Waals surface area (Å²) >= 11 is 1.60. The smallest absolute Gasteiger partial charge is 0.274 e. The molecule has 3 aromatic heterocycles. The molecule has 0 saturated heterocycles. The molecule has 4 aromatic rings. The Balaban J connectivity index is 1.46. The van der Waals surface area contributed by atoms with Crippen LogP contribution in [0.2, 0.25) is 0 Å². The lowest BCUT2D eigenvalue weighted by molar-refractivity contribution is 0.0778. The number of carbonyl (C=O) groups excluding carboxylic acids is 1. The first-order valence-corrected chi connectivity index (χ1v) is 10.6.